The van der Waals surface area contributed by atoms with Crippen molar-refractivity contribution in [2.45, 2.75) is 84.0 Å². The predicted octanol–water partition coefficient (Wildman–Crippen LogP) is 2.88. The van der Waals surface area contributed by atoms with Gasteiger partial charge in [-0.05, 0) is 46.5 Å². The maximum atomic E-state index is 12.1. The van der Waals surface area contributed by atoms with E-state index in [0.29, 0.717) is 19.0 Å². The number of rotatable bonds is 10. The quantitative estimate of drug-likeness (QED) is 0.213. The van der Waals surface area contributed by atoms with Gasteiger partial charge in [0.1, 0.15) is 12.1 Å². The summed E-state index contributed by atoms with van der Waals surface area (Å²) in [6, 6.07) is -0.0412. The van der Waals surface area contributed by atoms with Crippen LogP contribution in [0.3, 0.4) is 0 Å². The molecular formula is C22H44IN5O4. The van der Waals surface area contributed by atoms with E-state index >= 15 is 0 Å². The molecule has 0 aliphatic carbocycles. The van der Waals surface area contributed by atoms with E-state index in [1.54, 1.807) is 14.1 Å². The molecule has 3 N–H and O–H groups in total. The minimum absolute atomic E-state index is 0. The van der Waals surface area contributed by atoms with E-state index in [1.165, 1.54) is 4.90 Å². The lowest BCUT2D eigenvalue weighted by atomic mass is 10.1. The number of nitrogens with one attached hydrogen (secondary N) is 3. The summed E-state index contributed by atoms with van der Waals surface area (Å²) < 4.78 is 11.1. The van der Waals surface area contributed by atoms with E-state index in [1.807, 2.05) is 20.8 Å². The van der Waals surface area contributed by atoms with Gasteiger partial charge in [-0.25, -0.2) is 9.79 Å². The number of unbranched alkanes of at least 4 members (excludes halogenated alkanes) is 1. The lowest BCUT2D eigenvalue weighted by Crippen LogP contribution is -2.50. The molecule has 1 rings (SSSR count). The van der Waals surface area contributed by atoms with E-state index in [-0.39, 0.29) is 48.6 Å². The zero-order chi connectivity index (χ0) is 23.3. The highest BCUT2D eigenvalue weighted by atomic mass is 127. The number of hydrogen-bond donors (Lipinski definition) is 3. The maximum absolute atomic E-state index is 12.1. The van der Waals surface area contributed by atoms with Gasteiger partial charge < -0.3 is 30.3 Å². The highest BCUT2D eigenvalue weighted by Crippen LogP contribution is 2.11. The summed E-state index contributed by atoms with van der Waals surface area (Å²) in [5, 5.41) is 9.53. The average molecular weight is 570 g/mol. The van der Waals surface area contributed by atoms with Crippen molar-refractivity contribution in [3.05, 3.63) is 0 Å². The summed E-state index contributed by atoms with van der Waals surface area (Å²) >= 11 is 0. The smallest absolute Gasteiger partial charge is 0.407 e. The molecule has 2 atom stereocenters. The van der Waals surface area contributed by atoms with Gasteiger partial charge in [0.25, 0.3) is 0 Å². The van der Waals surface area contributed by atoms with Crippen LogP contribution in [0.1, 0.15) is 66.2 Å². The normalized spacial score (nSPS) is 17.6. The number of carbonyl (C=O) groups excluding carboxylic acids is 2. The molecule has 0 aromatic heterocycles. The Morgan fingerprint density at radius 1 is 1.22 bits per heavy atom. The largest absolute Gasteiger partial charge is 0.444 e. The van der Waals surface area contributed by atoms with Crippen molar-refractivity contribution in [1.82, 2.24) is 20.9 Å². The van der Waals surface area contributed by atoms with Gasteiger partial charge in [0.2, 0.25) is 5.91 Å². The molecule has 32 heavy (non-hydrogen) atoms. The number of amides is 2. The van der Waals surface area contributed by atoms with E-state index in [0.717, 1.165) is 45.1 Å². The number of halogens is 1. The van der Waals surface area contributed by atoms with Crippen LogP contribution in [0.4, 0.5) is 4.79 Å². The summed E-state index contributed by atoms with van der Waals surface area (Å²) in [6.07, 6.45) is 5.86. The maximum Gasteiger partial charge on any atom is 0.407 e. The number of ether oxygens (including phenoxy) is 2. The summed E-state index contributed by atoms with van der Waals surface area (Å²) in [5.74, 6) is 0.475. The molecule has 1 heterocycles. The number of nitrogens with zero attached hydrogens (tertiary/aromatic N) is 2. The molecule has 0 spiro atoms. The number of hydrogen-bond acceptors (Lipinski definition) is 5. The zero-order valence-corrected chi connectivity index (χ0v) is 23.0. The fraction of sp³-hybridized carbons (Fsp3) is 0.864. The van der Waals surface area contributed by atoms with Crippen molar-refractivity contribution < 1.29 is 19.1 Å². The third-order valence-corrected chi connectivity index (χ3v) is 4.78. The first-order valence-electron chi connectivity index (χ1n) is 11.4. The Morgan fingerprint density at radius 2 is 1.94 bits per heavy atom. The first kappa shape index (κ1) is 30.7. The first-order valence-corrected chi connectivity index (χ1v) is 11.4. The van der Waals surface area contributed by atoms with Crippen LogP contribution in [-0.4, -0.2) is 80.9 Å². The summed E-state index contributed by atoms with van der Waals surface area (Å²) in [6.45, 7) is 9.49. The van der Waals surface area contributed by atoms with Crippen LogP contribution in [0.2, 0.25) is 0 Å². The molecule has 1 aliphatic rings. The Bertz CT molecular complexity index is 575. The number of aliphatic imine (C=N–C) groups is 1. The third kappa shape index (κ3) is 14.7. The molecule has 2 unspecified atom stereocenters. The topological polar surface area (TPSA) is 104 Å². The van der Waals surface area contributed by atoms with Gasteiger partial charge in [0.05, 0.1) is 6.10 Å². The van der Waals surface area contributed by atoms with Gasteiger partial charge in [0.15, 0.2) is 5.96 Å². The van der Waals surface area contributed by atoms with Crippen LogP contribution in [0.15, 0.2) is 4.99 Å². The molecule has 1 aliphatic heterocycles. The molecule has 1 saturated heterocycles. The summed E-state index contributed by atoms with van der Waals surface area (Å²) in [7, 11) is 3.42. The Labute approximate surface area is 210 Å². The number of guanidine groups is 1. The number of likely N-dealkylation sites (N-methyl/N-ethyl adjacent to an activating group) is 1. The standard InChI is InChI=1S/C22H43N5O4.HI/c1-7-8-11-17(14-25-21(29)31-22(2,3)4)26-20(24-16-19(28)27(5)6)23-15-18-12-9-10-13-30-18;/h17-18H,7-16H2,1-6H3,(H,25,29)(H2,23,24,26);1H. The van der Waals surface area contributed by atoms with Crippen molar-refractivity contribution in [2.24, 2.45) is 4.99 Å². The average Bonchev–Trinajstić information content (AvgIpc) is 2.70. The van der Waals surface area contributed by atoms with E-state index < -0.39 is 11.7 Å². The van der Waals surface area contributed by atoms with E-state index in [9.17, 15) is 9.59 Å². The summed E-state index contributed by atoms with van der Waals surface area (Å²) in [4.78, 5) is 30.1. The molecule has 0 aromatic rings. The third-order valence-electron chi connectivity index (χ3n) is 4.78. The lowest BCUT2D eigenvalue weighted by Gasteiger charge is -2.26. The lowest BCUT2D eigenvalue weighted by molar-refractivity contribution is -0.127. The molecule has 0 aromatic carbocycles. The fourth-order valence-electron chi connectivity index (χ4n) is 3.01. The second-order valence-electron chi connectivity index (χ2n) is 9.19. The van der Waals surface area contributed by atoms with Gasteiger partial charge in [0, 0.05) is 39.8 Å². The monoisotopic (exact) mass is 569 g/mol. The van der Waals surface area contributed by atoms with Crippen LogP contribution >= 0.6 is 24.0 Å². The zero-order valence-electron chi connectivity index (χ0n) is 20.7. The Kier molecular flexibility index (Phi) is 15.7. The minimum Gasteiger partial charge on any atom is -0.444 e. The highest BCUT2D eigenvalue weighted by molar-refractivity contribution is 14.0. The number of alkyl carbamates (subject to hydrolysis) is 1. The predicted molar refractivity (Wildman–Crippen MR) is 139 cm³/mol. The second-order valence-corrected chi connectivity index (χ2v) is 9.19. The van der Waals surface area contributed by atoms with Crippen molar-refractivity contribution in [3.8, 4) is 0 Å². The number of carbonyl (C=O) groups is 2. The van der Waals surface area contributed by atoms with Gasteiger partial charge in [-0.3, -0.25) is 4.79 Å². The van der Waals surface area contributed by atoms with Gasteiger partial charge in [-0.1, -0.05) is 19.8 Å². The minimum atomic E-state index is -0.545. The molecule has 188 valence electrons. The van der Waals surface area contributed by atoms with E-state index in [2.05, 4.69) is 27.9 Å². The van der Waals surface area contributed by atoms with Crippen molar-refractivity contribution in [2.75, 3.05) is 40.3 Å². The fourth-order valence-corrected chi connectivity index (χ4v) is 3.01. The second kappa shape index (κ2) is 16.3. The van der Waals surface area contributed by atoms with Gasteiger partial charge in [-0.2, -0.15) is 0 Å². The molecule has 2 amide bonds. The first-order chi connectivity index (χ1) is 14.6. The molecule has 0 bridgehead atoms. The van der Waals surface area contributed by atoms with Crippen LogP contribution in [-0.2, 0) is 14.3 Å². The molecule has 9 nitrogen and oxygen atoms in total. The molecular weight excluding hydrogens is 525 g/mol. The summed E-state index contributed by atoms with van der Waals surface area (Å²) in [5.41, 5.74) is -0.545. The van der Waals surface area contributed by atoms with Crippen LogP contribution in [0, 0.1) is 0 Å². The van der Waals surface area contributed by atoms with E-state index in [4.69, 9.17) is 9.47 Å². The van der Waals surface area contributed by atoms with Gasteiger partial charge >= 0.3 is 6.09 Å². The molecule has 10 heteroatoms. The van der Waals surface area contributed by atoms with Crippen LogP contribution < -0.4 is 16.0 Å². The molecule has 0 saturated carbocycles. The van der Waals surface area contributed by atoms with Crippen LogP contribution in [0.25, 0.3) is 0 Å². The van der Waals surface area contributed by atoms with Crippen molar-refractivity contribution in [1.29, 1.82) is 0 Å². The Morgan fingerprint density at radius 3 is 2.50 bits per heavy atom. The Hall–Kier alpha value is -1.30. The van der Waals surface area contributed by atoms with Crippen molar-refractivity contribution >= 4 is 41.9 Å². The molecule has 1 fully saturated rings. The van der Waals surface area contributed by atoms with Crippen LogP contribution in [0.5, 0.6) is 0 Å². The van der Waals surface area contributed by atoms with Gasteiger partial charge in [-0.15, -0.1) is 24.0 Å². The SMILES string of the molecule is CCCCC(CNC(=O)OC(C)(C)C)NC(=NCC(=O)N(C)C)NCC1CCCCO1.I. The van der Waals surface area contributed by atoms with Crippen molar-refractivity contribution in [3.63, 3.8) is 0 Å². The Balaban J connectivity index is 0.00000961. The molecule has 0 radical (unpaired) electrons. The highest BCUT2D eigenvalue weighted by Gasteiger charge is 2.19.